The topological polar surface area (TPSA) is 99.9 Å². The zero-order valence-corrected chi connectivity index (χ0v) is 13.1. The van der Waals surface area contributed by atoms with E-state index in [9.17, 15) is 14.4 Å². The SMILES string of the molecule is O=C(O)CNC(=O)c1ccc(NC(=O)c2cc3ccccn3c2)cc1. The molecule has 7 heteroatoms. The fourth-order valence-electron chi connectivity index (χ4n) is 2.35. The Kier molecular flexibility index (Phi) is 4.47. The third-order valence-corrected chi connectivity index (χ3v) is 3.57. The monoisotopic (exact) mass is 337 g/mol. The summed E-state index contributed by atoms with van der Waals surface area (Å²) >= 11 is 0. The molecule has 0 unspecified atom stereocenters. The van der Waals surface area contributed by atoms with Gasteiger partial charge in [0, 0.05) is 29.2 Å². The summed E-state index contributed by atoms with van der Waals surface area (Å²) < 4.78 is 1.85. The predicted octanol–water partition coefficient (Wildman–Crippen LogP) is 2.01. The molecule has 3 aromatic rings. The van der Waals surface area contributed by atoms with Gasteiger partial charge in [0.2, 0.25) is 0 Å². The first-order valence-electron chi connectivity index (χ1n) is 7.51. The molecular formula is C18H15N3O4. The van der Waals surface area contributed by atoms with E-state index in [1.54, 1.807) is 24.4 Å². The Bertz CT molecular complexity index is 911. The van der Waals surface area contributed by atoms with Gasteiger partial charge in [-0.25, -0.2) is 0 Å². The number of nitrogens with zero attached hydrogens (tertiary/aromatic N) is 1. The van der Waals surface area contributed by atoms with Gasteiger partial charge >= 0.3 is 5.97 Å². The van der Waals surface area contributed by atoms with E-state index in [-0.39, 0.29) is 5.91 Å². The molecule has 2 aromatic heterocycles. The lowest BCUT2D eigenvalue weighted by Crippen LogP contribution is -2.29. The highest BCUT2D eigenvalue weighted by Crippen LogP contribution is 2.14. The van der Waals surface area contributed by atoms with Crippen LogP contribution >= 0.6 is 0 Å². The molecule has 0 saturated carbocycles. The van der Waals surface area contributed by atoms with E-state index < -0.39 is 18.4 Å². The molecule has 0 saturated heterocycles. The molecule has 2 heterocycles. The molecule has 25 heavy (non-hydrogen) atoms. The first kappa shape index (κ1) is 16.3. The van der Waals surface area contributed by atoms with Crippen molar-refractivity contribution in [1.29, 1.82) is 0 Å². The van der Waals surface area contributed by atoms with Crippen molar-refractivity contribution < 1.29 is 19.5 Å². The van der Waals surface area contributed by atoms with Crippen LogP contribution in [0.3, 0.4) is 0 Å². The summed E-state index contributed by atoms with van der Waals surface area (Å²) in [6.07, 6.45) is 3.59. The van der Waals surface area contributed by atoms with Crippen LogP contribution in [0, 0.1) is 0 Å². The van der Waals surface area contributed by atoms with E-state index in [1.165, 1.54) is 12.1 Å². The number of pyridine rings is 1. The van der Waals surface area contributed by atoms with Crippen LogP contribution in [0.5, 0.6) is 0 Å². The second-order valence-electron chi connectivity index (χ2n) is 5.37. The van der Waals surface area contributed by atoms with E-state index in [0.29, 0.717) is 16.8 Å². The number of hydrogen-bond acceptors (Lipinski definition) is 3. The van der Waals surface area contributed by atoms with Crippen LogP contribution in [-0.4, -0.2) is 33.8 Å². The maximum Gasteiger partial charge on any atom is 0.322 e. The number of carboxylic acid groups (broad SMARTS) is 1. The quantitative estimate of drug-likeness (QED) is 0.663. The van der Waals surface area contributed by atoms with E-state index in [1.807, 2.05) is 28.8 Å². The molecule has 0 fully saturated rings. The maximum absolute atomic E-state index is 12.3. The van der Waals surface area contributed by atoms with Crippen molar-refractivity contribution >= 4 is 29.0 Å². The van der Waals surface area contributed by atoms with Crippen LogP contribution in [0.2, 0.25) is 0 Å². The minimum atomic E-state index is -1.11. The van der Waals surface area contributed by atoms with Crippen LogP contribution in [0.25, 0.3) is 5.52 Å². The summed E-state index contributed by atoms with van der Waals surface area (Å²) in [6, 6.07) is 13.7. The zero-order chi connectivity index (χ0) is 17.8. The van der Waals surface area contributed by atoms with Crippen molar-refractivity contribution in [2.45, 2.75) is 0 Å². The van der Waals surface area contributed by atoms with Crippen molar-refractivity contribution in [3.05, 3.63) is 72.1 Å². The molecule has 0 spiro atoms. The summed E-state index contributed by atoms with van der Waals surface area (Å²) in [7, 11) is 0. The van der Waals surface area contributed by atoms with E-state index in [0.717, 1.165) is 5.52 Å². The largest absolute Gasteiger partial charge is 0.480 e. The number of carbonyl (C=O) groups is 3. The smallest absolute Gasteiger partial charge is 0.322 e. The summed E-state index contributed by atoms with van der Waals surface area (Å²) in [4.78, 5) is 34.5. The standard InChI is InChI=1S/C18H15N3O4/c22-16(23)10-19-17(24)12-4-6-14(7-5-12)20-18(25)13-9-15-3-1-2-8-21(15)11-13/h1-9,11H,10H2,(H,19,24)(H,20,25)(H,22,23). The maximum atomic E-state index is 12.3. The van der Waals surface area contributed by atoms with Gasteiger partial charge in [-0.3, -0.25) is 14.4 Å². The number of benzene rings is 1. The zero-order valence-electron chi connectivity index (χ0n) is 13.1. The van der Waals surface area contributed by atoms with E-state index >= 15 is 0 Å². The first-order valence-corrected chi connectivity index (χ1v) is 7.51. The molecule has 0 aliphatic carbocycles. The number of fused-ring (bicyclic) bond motifs is 1. The Balaban J connectivity index is 1.67. The molecule has 0 atom stereocenters. The number of aliphatic carboxylic acids is 1. The number of hydrogen-bond donors (Lipinski definition) is 3. The number of carboxylic acids is 1. The molecule has 0 radical (unpaired) electrons. The van der Waals surface area contributed by atoms with Crippen LogP contribution in [0.1, 0.15) is 20.7 Å². The Hall–Kier alpha value is -3.61. The number of aromatic nitrogens is 1. The summed E-state index contributed by atoms with van der Waals surface area (Å²) in [5.74, 6) is -1.86. The Morgan fingerprint density at radius 2 is 1.72 bits per heavy atom. The molecule has 0 aliphatic heterocycles. The summed E-state index contributed by atoms with van der Waals surface area (Å²) in [5, 5.41) is 13.6. The van der Waals surface area contributed by atoms with Crippen molar-refractivity contribution in [3.63, 3.8) is 0 Å². The van der Waals surface area contributed by atoms with Gasteiger partial charge in [0.15, 0.2) is 0 Å². The van der Waals surface area contributed by atoms with Gasteiger partial charge in [-0.2, -0.15) is 0 Å². The Labute approximate surface area is 142 Å². The lowest BCUT2D eigenvalue weighted by atomic mass is 10.2. The fraction of sp³-hybridized carbons (Fsp3) is 0.0556. The third-order valence-electron chi connectivity index (χ3n) is 3.57. The normalized spacial score (nSPS) is 10.4. The number of carbonyl (C=O) groups excluding carboxylic acids is 2. The average Bonchev–Trinajstić information content (AvgIpc) is 3.04. The molecule has 2 amide bonds. The van der Waals surface area contributed by atoms with Gasteiger partial charge in [-0.05, 0) is 42.5 Å². The minimum Gasteiger partial charge on any atom is -0.480 e. The van der Waals surface area contributed by atoms with Crippen LogP contribution in [-0.2, 0) is 4.79 Å². The molecular weight excluding hydrogens is 322 g/mol. The van der Waals surface area contributed by atoms with Gasteiger partial charge in [-0.1, -0.05) is 6.07 Å². The van der Waals surface area contributed by atoms with E-state index in [4.69, 9.17) is 5.11 Å². The van der Waals surface area contributed by atoms with Gasteiger partial charge in [0.05, 0.1) is 5.56 Å². The molecule has 3 N–H and O–H groups in total. The second-order valence-corrected chi connectivity index (χ2v) is 5.37. The Morgan fingerprint density at radius 3 is 2.40 bits per heavy atom. The van der Waals surface area contributed by atoms with Crippen molar-refractivity contribution in [2.24, 2.45) is 0 Å². The lowest BCUT2D eigenvalue weighted by molar-refractivity contribution is -0.135. The minimum absolute atomic E-state index is 0.258. The second kappa shape index (κ2) is 6.88. The first-order chi connectivity index (χ1) is 12.0. The van der Waals surface area contributed by atoms with Gasteiger partial charge in [0.25, 0.3) is 11.8 Å². The number of nitrogens with one attached hydrogen (secondary N) is 2. The third kappa shape index (κ3) is 3.84. The highest BCUT2D eigenvalue weighted by molar-refractivity contribution is 6.05. The number of amides is 2. The van der Waals surface area contributed by atoms with E-state index in [2.05, 4.69) is 10.6 Å². The number of anilines is 1. The van der Waals surface area contributed by atoms with Crippen molar-refractivity contribution in [3.8, 4) is 0 Å². The highest BCUT2D eigenvalue weighted by atomic mass is 16.4. The Morgan fingerprint density at radius 1 is 0.960 bits per heavy atom. The average molecular weight is 337 g/mol. The fourth-order valence-corrected chi connectivity index (χ4v) is 2.35. The van der Waals surface area contributed by atoms with Gasteiger partial charge < -0.3 is 20.1 Å². The molecule has 126 valence electrons. The summed E-state index contributed by atoms with van der Waals surface area (Å²) in [6.45, 7) is -0.445. The predicted molar refractivity (Wildman–Crippen MR) is 91.8 cm³/mol. The molecule has 0 aliphatic rings. The van der Waals surface area contributed by atoms with Gasteiger partial charge in [-0.15, -0.1) is 0 Å². The van der Waals surface area contributed by atoms with Crippen LogP contribution in [0.4, 0.5) is 5.69 Å². The molecule has 0 bridgehead atoms. The number of rotatable bonds is 5. The molecule has 1 aromatic carbocycles. The van der Waals surface area contributed by atoms with Crippen LogP contribution in [0.15, 0.2) is 60.9 Å². The lowest BCUT2D eigenvalue weighted by Gasteiger charge is -2.06. The van der Waals surface area contributed by atoms with Crippen LogP contribution < -0.4 is 10.6 Å². The molecule has 3 rings (SSSR count). The van der Waals surface area contributed by atoms with Crippen molar-refractivity contribution in [2.75, 3.05) is 11.9 Å². The van der Waals surface area contributed by atoms with Crippen molar-refractivity contribution in [1.82, 2.24) is 9.72 Å². The molecule has 7 nitrogen and oxygen atoms in total. The highest BCUT2D eigenvalue weighted by Gasteiger charge is 2.10. The van der Waals surface area contributed by atoms with Gasteiger partial charge in [0.1, 0.15) is 6.54 Å². The summed E-state index contributed by atoms with van der Waals surface area (Å²) in [5.41, 5.74) is 2.29.